The first-order valence-corrected chi connectivity index (χ1v) is 10.7. The van der Waals surface area contributed by atoms with Crippen LogP contribution in [0, 0.1) is 5.92 Å². The van der Waals surface area contributed by atoms with E-state index in [1.807, 2.05) is 31.2 Å². The molecular weight excluding hydrogens is 368 g/mol. The minimum absolute atomic E-state index is 0.144. The number of guanidine groups is 1. The average Bonchev–Trinajstić information content (AvgIpc) is 3.26. The highest BCUT2D eigenvalue weighted by Gasteiger charge is 2.22. The van der Waals surface area contributed by atoms with Crippen LogP contribution in [0.25, 0.3) is 0 Å². The van der Waals surface area contributed by atoms with Gasteiger partial charge in [0.2, 0.25) is 5.91 Å². The number of rotatable bonds is 12. The summed E-state index contributed by atoms with van der Waals surface area (Å²) in [5, 5.41) is 9.64. The van der Waals surface area contributed by atoms with E-state index in [2.05, 4.69) is 20.9 Å². The molecule has 7 heteroatoms. The number of hydrogen-bond acceptors (Lipinski definition) is 4. The quantitative estimate of drug-likeness (QED) is 0.283. The number of amides is 1. The summed E-state index contributed by atoms with van der Waals surface area (Å²) in [4.78, 5) is 17.0. The second-order valence-electron chi connectivity index (χ2n) is 7.25. The lowest BCUT2D eigenvalue weighted by atomic mass is 10.1. The normalized spacial score (nSPS) is 14.8. The molecule has 0 unspecified atom stereocenters. The number of nitrogens with one attached hydrogen (secondary N) is 3. The number of anilines is 1. The minimum Gasteiger partial charge on any atom is -0.382 e. The minimum atomic E-state index is 0.144. The van der Waals surface area contributed by atoms with Gasteiger partial charge in [0.05, 0.1) is 19.8 Å². The number of aliphatic imine (C=N–C) groups is 1. The van der Waals surface area contributed by atoms with Crippen LogP contribution in [0.2, 0.25) is 0 Å². The summed E-state index contributed by atoms with van der Waals surface area (Å²) >= 11 is 0. The number of nitrogens with zero attached hydrogens (tertiary/aromatic N) is 1. The lowest BCUT2D eigenvalue weighted by Crippen LogP contribution is -2.38. The SMILES string of the molecule is CCNC(=NCc1cccc(NC(=O)C2CCCC2)c1)NCCCOCCOC. The largest absolute Gasteiger partial charge is 0.382 e. The van der Waals surface area contributed by atoms with Gasteiger partial charge in [-0.1, -0.05) is 25.0 Å². The van der Waals surface area contributed by atoms with Gasteiger partial charge in [0.1, 0.15) is 0 Å². The van der Waals surface area contributed by atoms with Crippen LogP contribution >= 0.6 is 0 Å². The Labute approximate surface area is 174 Å². The van der Waals surface area contributed by atoms with Crippen LogP contribution in [0.1, 0.15) is 44.6 Å². The zero-order valence-corrected chi connectivity index (χ0v) is 17.8. The number of carbonyl (C=O) groups excluding carboxylic acids is 1. The molecule has 29 heavy (non-hydrogen) atoms. The molecule has 0 saturated heterocycles. The summed E-state index contributed by atoms with van der Waals surface area (Å²) in [5.41, 5.74) is 1.91. The van der Waals surface area contributed by atoms with Gasteiger partial charge < -0.3 is 25.4 Å². The number of methoxy groups -OCH3 is 1. The van der Waals surface area contributed by atoms with Crippen LogP contribution in [-0.2, 0) is 20.8 Å². The number of hydrogen-bond donors (Lipinski definition) is 3. The standard InChI is InChI=1S/C22H36N4O3/c1-3-23-22(24-12-7-13-29-15-14-28-2)25-17-18-8-6-11-20(16-18)26-21(27)19-9-4-5-10-19/h6,8,11,16,19H,3-5,7,9-10,12-15,17H2,1-2H3,(H,26,27)(H2,23,24,25). The van der Waals surface area contributed by atoms with Crippen molar-refractivity contribution < 1.29 is 14.3 Å². The highest BCUT2D eigenvalue weighted by molar-refractivity contribution is 5.92. The maximum atomic E-state index is 12.3. The molecule has 0 spiro atoms. The van der Waals surface area contributed by atoms with E-state index in [1.54, 1.807) is 7.11 Å². The lowest BCUT2D eigenvalue weighted by Gasteiger charge is -2.12. The zero-order valence-electron chi connectivity index (χ0n) is 17.8. The molecule has 0 bridgehead atoms. The van der Waals surface area contributed by atoms with E-state index in [9.17, 15) is 4.79 Å². The number of carbonyl (C=O) groups is 1. The fraction of sp³-hybridized carbons (Fsp3) is 0.636. The van der Waals surface area contributed by atoms with Gasteiger partial charge in [-0.25, -0.2) is 4.99 Å². The topological polar surface area (TPSA) is 84.0 Å². The number of benzene rings is 1. The third kappa shape index (κ3) is 9.28. The van der Waals surface area contributed by atoms with Crippen molar-refractivity contribution in [3.05, 3.63) is 29.8 Å². The second kappa shape index (κ2) is 14.0. The van der Waals surface area contributed by atoms with E-state index < -0.39 is 0 Å². The molecule has 1 aliphatic carbocycles. The van der Waals surface area contributed by atoms with Gasteiger partial charge in [-0.15, -0.1) is 0 Å². The molecule has 1 aliphatic rings. The van der Waals surface area contributed by atoms with E-state index in [4.69, 9.17) is 9.47 Å². The fourth-order valence-corrected chi connectivity index (χ4v) is 3.32. The van der Waals surface area contributed by atoms with Gasteiger partial charge in [0, 0.05) is 38.4 Å². The highest BCUT2D eigenvalue weighted by Crippen LogP contribution is 2.26. The monoisotopic (exact) mass is 404 g/mol. The van der Waals surface area contributed by atoms with Gasteiger partial charge in [-0.3, -0.25) is 4.79 Å². The fourth-order valence-electron chi connectivity index (χ4n) is 3.32. The summed E-state index contributed by atoms with van der Waals surface area (Å²) in [7, 11) is 1.67. The molecule has 1 fully saturated rings. The molecule has 0 atom stereocenters. The van der Waals surface area contributed by atoms with Crippen LogP contribution < -0.4 is 16.0 Å². The smallest absolute Gasteiger partial charge is 0.227 e. The van der Waals surface area contributed by atoms with Crippen molar-refractivity contribution in [1.29, 1.82) is 0 Å². The van der Waals surface area contributed by atoms with E-state index in [0.29, 0.717) is 26.4 Å². The Morgan fingerprint density at radius 2 is 2.00 bits per heavy atom. The summed E-state index contributed by atoms with van der Waals surface area (Å²) in [6.45, 7) is 6.12. The van der Waals surface area contributed by atoms with Gasteiger partial charge in [-0.05, 0) is 43.9 Å². The van der Waals surface area contributed by atoms with Crippen molar-refractivity contribution in [2.75, 3.05) is 45.3 Å². The predicted molar refractivity (Wildman–Crippen MR) is 117 cm³/mol. The molecule has 2 rings (SSSR count). The molecule has 3 N–H and O–H groups in total. The first-order chi connectivity index (χ1) is 14.2. The van der Waals surface area contributed by atoms with Gasteiger partial charge in [0.25, 0.3) is 0 Å². The molecule has 7 nitrogen and oxygen atoms in total. The van der Waals surface area contributed by atoms with Crippen molar-refractivity contribution in [3.63, 3.8) is 0 Å². The summed E-state index contributed by atoms with van der Waals surface area (Å²) in [5.74, 6) is 1.09. The average molecular weight is 405 g/mol. The van der Waals surface area contributed by atoms with E-state index in [0.717, 1.165) is 62.4 Å². The Hall–Kier alpha value is -2.12. The molecule has 1 amide bonds. The van der Waals surface area contributed by atoms with E-state index in [-0.39, 0.29) is 11.8 Å². The van der Waals surface area contributed by atoms with E-state index in [1.165, 1.54) is 0 Å². The summed E-state index contributed by atoms with van der Waals surface area (Å²) in [6.07, 6.45) is 5.23. The van der Waals surface area contributed by atoms with E-state index >= 15 is 0 Å². The van der Waals surface area contributed by atoms with Crippen molar-refractivity contribution in [2.45, 2.75) is 45.6 Å². The molecular formula is C22H36N4O3. The van der Waals surface area contributed by atoms with Crippen molar-refractivity contribution in [1.82, 2.24) is 10.6 Å². The Balaban J connectivity index is 1.79. The first kappa shape index (κ1) is 23.2. The van der Waals surface area contributed by atoms with Crippen molar-refractivity contribution >= 4 is 17.6 Å². The van der Waals surface area contributed by atoms with Crippen molar-refractivity contribution in [3.8, 4) is 0 Å². The Bertz CT molecular complexity index is 630. The molecule has 0 radical (unpaired) electrons. The predicted octanol–water partition coefficient (Wildman–Crippen LogP) is 2.92. The zero-order chi connectivity index (χ0) is 20.7. The Kier molecular flexibility index (Phi) is 11.1. The molecule has 0 heterocycles. The van der Waals surface area contributed by atoms with Crippen LogP contribution in [0.4, 0.5) is 5.69 Å². The third-order valence-electron chi connectivity index (χ3n) is 4.87. The second-order valence-corrected chi connectivity index (χ2v) is 7.25. The molecule has 0 aliphatic heterocycles. The molecule has 162 valence electrons. The maximum Gasteiger partial charge on any atom is 0.227 e. The Morgan fingerprint density at radius 3 is 2.76 bits per heavy atom. The summed E-state index contributed by atoms with van der Waals surface area (Å²) < 4.78 is 10.4. The first-order valence-electron chi connectivity index (χ1n) is 10.7. The number of ether oxygens (including phenoxy) is 2. The Morgan fingerprint density at radius 1 is 1.17 bits per heavy atom. The molecule has 1 saturated carbocycles. The lowest BCUT2D eigenvalue weighted by molar-refractivity contribution is -0.119. The molecule has 0 aromatic heterocycles. The van der Waals surface area contributed by atoms with Crippen LogP contribution in [0.3, 0.4) is 0 Å². The van der Waals surface area contributed by atoms with Gasteiger partial charge >= 0.3 is 0 Å². The van der Waals surface area contributed by atoms with Crippen LogP contribution in [0.15, 0.2) is 29.3 Å². The molecule has 1 aromatic rings. The summed E-state index contributed by atoms with van der Waals surface area (Å²) in [6, 6.07) is 7.94. The van der Waals surface area contributed by atoms with Crippen LogP contribution in [-0.4, -0.2) is 51.9 Å². The maximum absolute atomic E-state index is 12.3. The van der Waals surface area contributed by atoms with Crippen LogP contribution in [0.5, 0.6) is 0 Å². The molecule has 1 aromatic carbocycles. The van der Waals surface area contributed by atoms with Gasteiger partial charge in [0.15, 0.2) is 5.96 Å². The highest BCUT2D eigenvalue weighted by atomic mass is 16.5. The van der Waals surface area contributed by atoms with Crippen molar-refractivity contribution in [2.24, 2.45) is 10.9 Å². The third-order valence-corrected chi connectivity index (χ3v) is 4.87. The van der Waals surface area contributed by atoms with Gasteiger partial charge in [-0.2, -0.15) is 0 Å².